The molecule has 0 bridgehead atoms. The number of nitrogens with one attached hydrogen (secondary N) is 3. The topological polar surface area (TPSA) is 117 Å². The molecule has 1 unspecified atom stereocenters. The van der Waals surface area contributed by atoms with Crippen LogP contribution in [0, 0.1) is 6.92 Å². The number of amides is 2. The second kappa shape index (κ2) is 8.54. The Morgan fingerprint density at radius 1 is 1.09 bits per heavy atom. The normalized spacial score (nSPS) is 12.9. The molecule has 8 nitrogen and oxygen atoms in total. The van der Waals surface area contributed by atoms with Crippen LogP contribution in [0.15, 0.2) is 53.6 Å². The summed E-state index contributed by atoms with van der Waals surface area (Å²) in [6.07, 6.45) is -3.88. The van der Waals surface area contributed by atoms with Gasteiger partial charge in [0.1, 0.15) is 0 Å². The summed E-state index contributed by atoms with van der Waals surface area (Å²) in [5.74, 6) is -4.02. The van der Waals surface area contributed by atoms with Gasteiger partial charge in [-0.2, -0.15) is 13.2 Å². The maximum absolute atomic E-state index is 13.5. The summed E-state index contributed by atoms with van der Waals surface area (Å²) in [6.45, 7) is 1.77. The van der Waals surface area contributed by atoms with Gasteiger partial charge in [0.2, 0.25) is 0 Å². The van der Waals surface area contributed by atoms with Crippen LogP contribution >= 0.6 is 0 Å². The molecule has 32 heavy (non-hydrogen) atoms. The third-order valence-corrected chi connectivity index (χ3v) is 5.95. The molecule has 1 atom stereocenters. The van der Waals surface area contributed by atoms with E-state index in [2.05, 4.69) is 15.0 Å². The summed E-state index contributed by atoms with van der Waals surface area (Å²) in [5, 5.41) is 2.28. The number of ether oxygens (including phenoxy) is 1. The Balaban J connectivity index is 1.87. The lowest BCUT2D eigenvalue weighted by atomic mass is 9.97. The maximum atomic E-state index is 13.5. The van der Waals surface area contributed by atoms with E-state index >= 15 is 0 Å². The largest absolute Gasteiger partial charge is 0.468 e. The summed E-state index contributed by atoms with van der Waals surface area (Å²) in [4.78, 5) is 26.5. The molecule has 0 saturated carbocycles. The molecule has 0 aliphatic carbocycles. The highest BCUT2D eigenvalue weighted by Gasteiger charge is 2.48. The lowest BCUT2D eigenvalue weighted by Crippen LogP contribution is -2.34. The number of esters is 1. The SMILES string of the molecule is COC(=O)C(c1c[nH]c2ccc(NC(=O)NS(=O)(=O)c3ccc(C)cc3)cc12)C(F)(F)F. The zero-order valence-electron chi connectivity index (χ0n) is 16.8. The Labute approximate surface area is 180 Å². The monoisotopic (exact) mass is 469 g/mol. The Bertz CT molecular complexity index is 1270. The van der Waals surface area contributed by atoms with Crippen LogP contribution in [-0.4, -0.2) is 38.7 Å². The van der Waals surface area contributed by atoms with Crippen molar-refractivity contribution in [2.75, 3.05) is 12.4 Å². The lowest BCUT2D eigenvalue weighted by Gasteiger charge is -2.17. The number of anilines is 1. The number of aromatic amines is 1. The number of carbonyl (C=O) groups is 2. The van der Waals surface area contributed by atoms with Crippen LogP contribution in [0.4, 0.5) is 23.7 Å². The van der Waals surface area contributed by atoms with Crippen molar-refractivity contribution in [1.29, 1.82) is 0 Å². The van der Waals surface area contributed by atoms with Crippen molar-refractivity contribution in [3.8, 4) is 0 Å². The molecule has 12 heteroatoms. The zero-order chi connectivity index (χ0) is 23.7. The number of methoxy groups -OCH3 is 1. The number of hydrogen-bond donors (Lipinski definition) is 3. The van der Waals surface area contributed by atoms with Crippen molar-refractivity contribution >= 4 is 38.6 Å². The van der Waals surface area contributed by atoms with Gasteiger partial charge in [0.15, 0.2) is 5.92 Å². The van der Waals surface area contributed by atoms with E-state index in [-0.39, 0.29) is 21.5 Å². The summed E-state index contributed by atoms with van der Waals surface area (Å²) < 4.78 is 71.2. The van der Waals surface area contributed by atoms with Gasteiger partial charge in [-0.1, -0.05) is 17.7 Å². The van der Waals surface area contributed by atoms with Gasteiger partial charge < -0.3 is 15.0 Å². The van der Waals surface area contributed by atoms with Crippen LogP contribution in [0.5, 0.6) is 0 Å². The number of hydrogen-bond acceptors (Lipinski definition) is 5. The van der Waals surface area contributed by atoms with Crippen LogP contribution in [0.25, 0.3) is 10.9 Å². The molecule has 170 valence electrons. The van der Waals surface area contributed by atoms with E-state index in [0.29, 0.717) is 0 Å². The van der Waals surface area contributed by atoms with Crippen LogP contribution in [-0.2, 0) is 19.6 Å². The number of aryl methyl sites for hydroxylation is 1. The highest BCUT2D eigenvalue weighted by Crippen LogP contribution is 2.39. The summed E-state index contributed by atoms with van der Waals surface area (Å²) >= 11 is 0. The third kappa shape index (κ3) is 4.85. The van der Waals surface area contributed by atoms with Gasteiger partial charge >= 0.3 is 18.2 Å². The molecule has 0 fully saturated rings. The van der Waals surface area contributed by atoms with E-state index in [1.165, 1.54) is 30.3 Å². The average molecular weight is 469 g/mol. The fourth-order valence-electron chi connectivity index (χ4n) is 3.07. The van der Waals surface area contributed by atoms with Gasteiger partial charge in [0.05, 0.1) is 12.0 Å². The first-order valence-electron chi connectivity index (χ1n) is 9.08. The number of alkyl halides is 3. The smallest absolute Gasteiger partial charge is 0.406 e. The molecule has 0 saturated heterocycles. The first-order chi connectivity index (χ1) is 14.9. The van der Waals surface area contributed by atoms with E-state index < -0.39 is 39.7 Å². The highest BCUT2D eigenvalue weighted by molar-refractivity contribution is 7.90. The third-order valence-electron chi connectivity index (χ3n) is 4.61. The van der Waals surface area contributed by atoms with Gasteiger partial charge in [-0.3, -0.25) is 4.79 Å². The number of benzene rings is 2. The minimum absolute atomic E-state index is 0.0110. The van der Waals surface area contributed by atoms with E-state index in [1.54, 1.807) is 19.1 Å². The van der Waals surface area contributed by atoms with Gasteiger partial charge in [-0.05, 0) is 37.3 Å². The van der Waals surface area contributed by atoms with E-state index in [1.807, 2.05) is 4.72 Å². The molecule has 2 aromatic carbocycles. The Morgan fingerprint density at radius 3 is 2.34 bits per heavy atom. The van der Waals surface area contributed by atoms with Crippen LogP contribution in [0.3, 0.4) is 0 Å². The fourth-order valence-corrected chi connectivity index (χ4v) is 3.98. The predicted octanol–water partition coefficient (Wildman–Crippen LogP) is 3.81. The molecule has 3 N–H and O–H groups in total. The van der Waals surface area contributed by atoms with Crippen molar-refractivity contribution in [3.05, 3.63) is 59.8 Å². The highest BCUT2D eigenvalue weighted by atomic mass is 32.2. The van der Waals surface area contributed by atoms with E-state index in [0.717, 1.165) is 18.9 Å². The number of carbonyl (C=O) groups excluding carboxylic acids is 2. The summed E-state index contributed by atoms with van der Waals surface area (Å²) in [5.41, 5.74) is 0.723. The molecule has 1 aromatic heterocycles. The zero-order valence-corrected chi connectivity index (χ0v) is 17.6. The molecule has 3 aromatic rings. The number of halogens is 3. The minimum Gasteiger partial charge on any atom is -0.468 e. The number of rotatable bonds is 5. The summed E-state index contributed by atoms with van der Waals surface area (Å²) in [7, 11) is -3.31. The van der Waals surface area contributed by atoms with Crippen molar-refractivity contribution in [3.63, 3.8) is 0 Å². The van der Waals surface area contributed by atoms with Crippen molar-refractivity contribution in [2.45, 2.75) is 23.9 Å². The number of urea groups is 1. The molecule has 3 rings (SSSR count). The first kappa shape index (κ1) is 23.1. The molecular weight excluding hydrogens is 451 g/mol. The van der Waals surface area contributed by atoms with Crippen molar-refractivity contribution in [1.82, 2.24) is 9.71 Å². The predicted molar refractivity (Wildman–Crippen MR) is 110 cm³/mol. The fraction of sp³-hybridized carbons (Fsp3) is 0.200. The molecular formula is C20H18F3N3O5S. The molecule has 0 aliphatic heterocycles. The lowest BCUT2D eigenvalue weighted by molar-refractivity contribution is -0.179. The van der Waals surface area contributed by atoms with Crippen LogP contribution in [0.1, 0.15) is 17.0 Å². The first-order valence-corrected chi connectivity index (χ1v) is 10.6. The van der Waals surface area contributed by atoms with Gasteiger partial charge in [-0.25, -0.2) is 17.9 Å². The van der Waals surface area contributed by atoms with Crippen LogP contribution in [0.2, 0.25) is 0 Å². The summed E-state index contributed by atoms with van der Waals surface area (Å²) in [6, 6.07) is 8.61. The number of fused-ring (bicyclic) bond motifs is 1. The average Bonchev–Trinajstić information content (AvgIpc) is 3.09. The Hall–Kier alpha value is -3.54. The van der Waals surface area contributed by atoms with Crippen LogP contribution < -0.4 is 10.0 Å². The number of sulfonamides is 1. The molecule has 0 radical (unpaired) electrons. The molecule has 0 aliphatic rings. The minimum atomic E-state index is -4.91. The number of H-pyrrole nitrogens is 1. The van der Waals surface area contributed by atoms with Gasteiger partial charge in [-0.15, -0.1) is 0 Å². The van der Waals surface area contributed by atoms with Gasteiger partial charge in [0, 0.05) is 28.4 Å². The van der Waals surface area contributed by atoms with E-state index in [9.17, 15) is 31.2 Å². The van der Waals surface area contributed by atoms with Crippen molar-refractivity contribution < 1.29 is 35.9 Å². The Morgan fingerprint density at radius 2 is 1.75 bits per heavy atom. The second-order valence-electron chi connectivity index (χ2n) is 6.87. The molecule has 2 amide bonds. The second-order valence-corrected chi connectivity index (χ2v) is 8.56. The quantitative estimate of drug-likeness (QED) is 0.492. The van der Waals surface area contributed by atoms with Gasteiger partial charge in [0.25, 0.3) is 10.0 Å². The standard InChI is InChI=1S/C20H18F3N3O5S/c1-11-3-6-13(7-4-11)32(29,30)26-19(28)25-12-5-8-16-14(9-12)15(10-24-16)17(18(27)31-2)20(21,22)23/h3-10,17,24H,1-2H3,(H2,25,26,28). The maximum Gasteiger partial charge on any atom is 0.406 e. The molecule has 1 heterocycles. The molecule has 0 spiro atoms. The number of aromatic nitrogens is 1. The van der Waals surface area contributed by atoms with Crippen molar-refractivity contribution in [2.24, 2.45) is 0 Å². The Kier molecular flexibility index (Phi) is 6.17. The van der Waals surface area contributed by atoms with E-state index in [4.69, 9.17) is 0 Å².